The molecule has 30 heavy (non-hydrogen) atoms. The Labute approximate surface area is 182 Å². The number of rotatable bonds is 7. The molecule has 0 spiro atoms. The Hall–Kier alpha value is -2.84. The lowest BCUT2D eigenvalue weighted by atomic mass is 10.1. The van der Waals surface area contributed by atoms with Crippen molar-refractivity contribution in [3.8, 4) is 11.4 Å². The third kappa shape index (κ3) is 5.84. The molecule has 0 saturated heterocycles. The summed E-state index contributed by atoms with van der Waals surface area (Å²) in [4.78, 5) is 17.4. The monoisotopic (exact) mass is 425 g/mol. The molecule has 0 saturated carbocycles. The van der Waals surface area contributed by atoms with Crippen LogP contribution in [0.1, 0.15) is 26.3 Å². The zero-order valence-corrected chi connectivity index (χ0v) is 18.7. The van der Waals surface area contributed by atoms with E-state index in [0.29, 0.717) is 24.5 Å². The van der Waals surface area contributed by atoms with Crippen LogP contribution in [0.5, 0.6) is 0 Å². The maximum absolute atomic E-state index is 12.3. The van der Waals surface area contributed by atoms with Crippen molar-refractivity contribution in [3.63, 3.8) is 0 Å². The highest BCUT2D eigenvalue weighted by atomic mass is 32.1. The van der Waals surface area contributed by atoms with Crippen LogP contribution in [0.15, 0.2) is 54.9 Å². The molecule has 1 atom stereocenters. The summed E-state index contributed by atoms with van der Waals surface area (Å²) >= 11 is 5.77. The maximum Gasteiger partial charge on any atom is 0.275 e. The van der Waals surface area contributed by atoms with Crippen LogP contribution in [0.4, 0.5) is 0 Å². The van der Waals surface area contributed by atoms with Crippen molar-refractivity contribution in [1.82, 2.24) is 24.6 Å². The molecule has 2 aromatic heterocycles. The largest absolute Gasteiger partial charge is 0.347 e. The van der Waals surface area contributed by atoms with Crippen LogP contribution in [0.3, 0.4) is 0 Å². The molecule has 0 fully saturated rings. The molecule has 0 aliphatic heterocycles. The molecule has 0 bridgehead atoms. The Bertz CT molecular complexity index is 1040. The second-order valence-electron chi connectivity index (χ2n) is 8.50. The summed E-state index contributed by atoms with van der Waals surface area (Å²) in [6.07, 6.45) is 3.50. The van der Waals surface area contributed by atoms with Gasteiger partial charge in [-0.1, -0.05) is 30.3 Å². The minimum Gasteiger partial charge on any atom is -0.347 e. The van der Waals surface area contributed by atoms with Crippen molar-refractivity contribution in [1.29, 1.82) is 0 Å². The quantitative estimate of drug-likeness (QED) is 0.568. The lowest BCUT2D eigenvalue weighted by Gasteiger charge is -2.21. The van der Waals surface area contributed by atoms with Crippen LogP contribution >= 0.6 is 12.2 Å². The summed E-state index contributed by atoms with van der Waals surface area (Å²) in [5.74, 6) is 0.794. The van der Waals surface area contributed by atoms with E-state index in [0.717, 1.165) is 21.9 Å². The molecule has 8 heteroatoms. The fraction of sp³-hybridized carbons (Fsp3) is 0.364. The molecule has 1 amide bonds. The number of carbonyl (C=O) groups excluding carboxylic acids is 1. The average molecular weight is 426 g/mol. The summed E-state index contributed by atoms with van der Waals surface area (Å²) in [6, 6.07) is 14.0. The molecule has 3 rings (SSSR count). The minimum absolute atomic E-state index is 0.00425. The van der Waals surface area contributed by atoms with E-state index in [1.54, 1.807) is 17.1 Å². The molecule has 1 aromatic carbocycles. The number of hydrogen-bond acceptors (Lipinski definition) is 4. The molecule has 0 radical (unpaired) electrons. The van der Waals surface area contributed by atoms with Gasteiger partial charge in [0.2, 0.25) is 4.77 Å². The number of amides is 1. The molecule has 7 nitrogen and oxygen atoms in total. The SMILES string of the molecule is C[NH+](CC(=O)NC(C)(C)C)Cn1nc(-c2ccncc2)n(Cc2ccccc2)c1=S. The van der Waals surface area contributed by atoms with Gasteiger partial charge in [0.1, 0.15) is 0 Å². The topological polar surface area (TPSA) is 69.2 Å². The van der Waals surface area contributed by atoms with E-state index >= 15 is 0 Å². The van der Waals surface area contributed by atoms with E-state index in [1.807, 2.05) is 62.7 Å². The van der Waals surface area contributed by atoms with Crippen molar-refractivity contribution in [2.75, 3.05) is 13.6 Å². The minimum atomic E-state index is -0.251. The molecule has 3 aromatic rings. The van der Waals surface area contributed by atoms with E-state index in [9.17, 15) is 4.79 Å². The van der Waals surface area contributed by atoms with E-state index < -0.39 is 0 Å². The number of nitrogens with zero attached hydrogens (tertiary/aromatic N) is 4. The van der Waals surface area contributed by atoms with Gasteiger partial charge in [-0.05, 0) is 50.7 Å². The van der Waals surface area contributed by atoms with E-state index in [-0.39, 0.29) is 11.4 Å². The smallest absolute Gasteiger partial charge is 0.275 e. The van der Waals surface area contributed by atoms with Crippen molar-refractivity contribution in [3.05, 3.63) is 65.2 Å². The average Bonchev–Trinajstić information content (AvgIpc) is 2.97. The van der Waals surface area contributed by atoms with Crippen molar-refractivity contribution in [2.45, 2.75) is 39.5 Å². The number of pyridine rings is 1. The third-order valence-electron chi connectivity index (χ3n) is 4.44. The van der Waals surface area contributed by atoms with Crippen LogP contribution in [0, 0.1) is 4.77 Å². The molecule has 1 unspecified atom stereocenters. The lowest BCUT2D eigenvalue weighted by Crippen LogP contribution is -3.09. The number of aromatic nitrogens is 4. The maximum atomic E-state index is 12.3. The zero-order chi connectivity index (χ0) is 21.7. The Morgan fingerprint density at radius 3 is 2.43 bits per heavy atom. The Morgan fingerprint density at radius 1 is 1.13 bits per heavy atom. The zero-order valence-electron chi connectivity index (χ0n) is 17.9. The van der Waals surface area contributed by atoms with Crippen molar-refractivity contribution in [2.24, 2.45) is 0 Å². The molecule has 2 N–H and O–H groups in total. The molecule has 158 valence electrons. The highest BCUT2D eigenvalue weighted by Crippen LogP contribution is 2.18. The number of quaternary nitrogens is 1. The first-order valence-corrected chi connectivity index (χ1v) is 10.4. The number of nitrogens with one attached hydrogen (secondary N) is 2. The standard InChI is InChI=1S/C22H28N6OS/c1-22(2,3)24-19(29)15-26(4)16-28-21(30)27(14-17-8-6-5-7-9-17)20(25-28)18-10-12-23-13-11-18/h5-13H,14-16H2,1-4H3,(H,24,29)/p+1. The summed E-state index contributed by atoms with van der Waals surface area (Å²) in [5, 5.41) is 7.79. The van der Waals surface area contributed by atoms with Crippen LogP contribution in [-0.4, -0.2) is 44.4 Å². The van der Waals surface area contributed by atoms with E-state index in [1.165, 1.54) is 0 Å². The number of likely N-dealkylation sites (N-methyl/N-ethyl adjacent to an activating group) is 1. The van der Waals surface area contributed by atoms with Crippen molar-refractivity contribution >= 4 is 18.1 Å². The van der Waals surface area contributed by atoms with Gasteiger partial charge in [-0.25, -0.2) is 0 Å². The molecular weight excluding hydrogens is 396 g/mol. The highest BCUT2D eigenvalue weighted by Gasteiger charge is 2.19. The number of benzene rings is 1. The van der Waals surface area contributed by atoms with E-state index in [4.69, 9.17) is 17.3 Å². The van der Waals surface area contributed by atoms with Gasteiger partial charge in [0.05, 0.1) is 13.6 Å². The van der Waals surface area contributed by atoms with Crippen LogP contribution in [0.2, 0.25) is 0 Å². The summed E-state index contributed by atoms with van der Waals surface area (Å²) in [5.41, 5.74) is 1.85. The van der Waals surface area contributed by atoms with Crippen LogP contribution in [-0.2, 0) is 18.0 Å². The second-order valence-corrected chi connectivity index (χ2v) is 8.87. The Balaban J connectivity index is 1.86. The van der Waals surface area contributed by atoms with Gasteiger partial charge >= 0.3 is 0 Å². The summed E-state index contributed by atoms with van der Waals surface area (Å²) in [7, 11) is 1.96. The first-order chi connectivity index (χ1) is 14.2. The Morgan fingerprint density at radius 2 is 1.80 bits per heavy atom. The number of hydrogen-bond donors (Lipinski definition) is 2. The Kier molecular flexibility index (Phi) is 6.79. The third-order valence-corrected chi connectivity index (χ3v) is 4.87. The first-order valence-electron chi connectivity index (χ1n) is 9.97. The molecular formula is C22H29N6OS+. The predicted octanol–water partition coefficient (Wildman–Crippen LogP) is 1.91. The van der Waals surface area contributed by atoms with Gasteiger partial charge in [0.15, 0.2) is 19.0 Å². The van der Waals surface area contributed by atoms with Gasteiger partial charge in [0.25, 0.3) is 5.91 Å². The lowest BCUT2D eigenvalue weighted by molar-refractivity contribution is -0.895. The highest BCUT2D eigenvalue weighted by molar-refractivity contribution is 7.71. The fourth-order valence-electron chi connectivity index (χ4n) is 3.22. The molecule has 0 aliphatic carbocycles. The summed E-state index contributed by atoms with van der Waals surface area (Å²) in [6.45, 7) is 7.39. The van der Waals surface area contributed by atoms with Crippen LogP contribution < -0.4 is 10.2 Å². The molecule has 2 heterocycles. The van der Waals surface area contributed by atoms with Gasteiger partial charge in [0, 0.05) is 23.5 Å². The van der Waals surface area contributed by atoms with Gasteiger partial charge in [-0.2, -0.15) is 4.68 Å². The second kappa shape index (κ2) is 9.32. The fourth-order valence-corrected chi connectivity index (χ4v) is 3.47. The van der Waals surface area contributed by atoms with E-state index in [2.05, 4.69) is 22.4 Å². The normalized spacial score (nSPS) is 12.5. The van der Waals surface area contributed by atoms with Gasteiger partial charge < -0.3 is 10.2 Å². The first kappa shape index (κ1) is 21.9. The van der Waals surface area contributed by atoms with Gasteiger partial charge in [-0.3, -0.25) is 14.3 Å². The molecule has 0 aliphatic rings. The number of carbonyl (C=O) groups is 1. The summed E-state index contributed by atoms with van der Waals surface area (Å²) < 4.78 is 4.46. The van der Waals surface area contributed by atoms with Crippen molar-refractivity contribution < 1.29 is 9.69 Å². The predicted molar refractivity (Wildman–Crippen MR) is 119 cm³/mol. The van der Waals surface area contributed by atoms with Crippen LogP contribution in [0.25, 0.3) is 11.4 Å². The van der Waals surface area contributed by atoms with Gasteiger partial charge in [-0.15, -0.1) is 5.10 Å².